The van der Waals surface area contributed by atoms with Crippen LogP contribution in [0.5, 0.6) is 0 Å². The molecule has 1 fully saturated rings. The highest BCUT2D eigenvalue weighted by atomic mass is 35.5. The highest BCUT2D eigenvalue weighted by Crippen LogP contribution is 2.26. The van der Waals surface area contributed by atoms with Crippen LogP contribution in [0, 0.1) is 6.92 Å². The zero-order valence-corrected chi connectivity index (χ0v) is 15.3. The van der Waals surface area contributed by atoms with E-state index in [1.807, 2.05) is 13.8 Å². The van der Waals surface area contributed by atoms with Crippen LogP contribution in [-0.4, -0.2) is 51.0 Å². The second kappa shape index (κ2) is 7.61. The molecule has 23 heavy (non-hydrogen) atoms. The summed E-state index contributed by atoms with van der Waals surface area (Å²) in [4.78, 5) is 11.9. The number of carbonyl (C=O) groups excluding carboxylic acids is 1. The molecule has 1 N–H and O–H groups in total. The maximum absolute atomic E-state index is 13.0. The number of hydrogen-bond acceptors (Lipinski definition) is 5. The summed E-state index contributed by atoms with van der Waals surface area (Å²) >= 11 is 0. The minimum absolute atomic E-state index is 0. The molecule has 0 aromatic heterocycles. The van der Waals surface area contributed by atoms with Crippen molar-refractivity contribution in [3.05, 3.63) is 29.3 Å². The first-order chi connectivity index (χ1) is 10.3. The Morgan fingerprint density at radius 3 is 2.61 bits per heavy atom. The molecule has 0 aliphatic carbocycles. The third-order valence-electron chi connectivity index (χ3n) is 4.25. The molecule has 0 saturated carbocycles. The second-order valence-corrected chi connectivity index (χ2v) is 7.38. The van der Waals surface area contributed by atoms with Crippen LogP contribution in [0.25, 0.3) is 0 Å². The fourth-order valence-corrected chi connectivity index (χ4v) is 4.67. The standard InChI is InChI=1S/C15H22N2O4S.ClH/c1-10-13(15(18)21-4)6-5-7-14(10)22(19,20)17-9-8-16-11(2)12(17)3;/h5-7,11-12,16H,8-9H2,1-4H3;1H. The van der Waals surface area contributed by atoms with E-state index in [0.29, 0.717) is 18.7 Å². The van der Waals surface area contributed by atoms with Gasteiger partial charge < -0.3 is 10.1 Å². The average molecular weight is 363 g/mol. The molecule has 0 spiro atoms. The van der Waals surface area contributed by atoms with Crippen molar-refractivity contribution in [1.29, 1.82) is 0 Å². The minimum Gasteiger partial charge on any atom is -0.465 e. The van der Waals surface area contributed by atoms with Gasteiger partial charge >= 0.3 is 5.97 Å². The summed E-state index contributed by atoms with van der Waals surface area (Å²) in [7, 11) is -2.37. The largest absolute Gasteiger partial charge is 0.465 e. The molecule has 2 unspecified atom stereocenters. The van der Waals surface area contributed by atoms with Crippen molar-refractivity contribution in [2.24, 2.45) is 0 Å². The smallest absolute Gasteiger partial charge is 0.338 e. The molecule has 8 heteroatoms. The molecule has 1 aromatic carbocycles. The summed E-state index contributed by atoms with van der Waals surface area (Å²) in [5.74, 6) is -0.531. The van der Waals surface area contributed by atoms with Crippen LogP contribution in [0.3, 0.4) is 0 Å². The zero-order chi connectivity index (χ0) is 16.5. The van der Waals surface area contributed by atoms with E-state index in [0.717, 1.165) is 0 Å². The molecule has 1 heterocycles. The molecule has 1 aliphatic heterocycles. The van der Waals surface area contributed by atoms with Gasteiger partial charge in [-0.3, -0.25) is 0 Å². The third-order valence-corrected chi connectivity index (χ3v) is 6.38. The summed E-state index contributed by atoms with van der Waals surface area (Å²) in [5.41, 5.74) is 0.701. The van der Waals surface area contributed by atoms with E-state index < -0.39 is 16.0 Å². The Morgan fingerprint density at radius 2 is 2.00 bits per heavy atom. The highest BCUT2D eigenvalue weighted by Gasteiger charge is 2.35. The van der Waals surface area contributed by atoms with Crippen LogP contribution in [-0.2, 0) is 14.8 Å². The predicted molar refractivity (Wildman–Crippen MR) is 90.6 cm³/mol. The number of nitrogens with one attached hydrogen (secondary N) is 1. The zero-order valence-electron chi connectivity index (χ0n) is 13.7. The van der Waals surface area contributed by atoms with Crippen molar-refractivity contribution in [3.63, 3.8) is 0 Å². The van der Waals surface area contributed by atoms with E-state index in [9.17, 15) is 13.2 Å². The number of nitrogens with zero attached hydrogens (tertiary/aromatic N) is 1. The first-order valence-electron chi connectivity index (χ1n) is 7.24. The molecule has 1 aromatic rings. The van der Waals surface area contributed by atoms with Gasteiger partial charge in [0.25, 0.3) is 0 Å². The lowest BCUT2D eigenvalue weighted by atomic mass is 10.1. The van der Waals surface area contributed by atoms with Crippen molar-refractivity contribution in [3.8, 4) is 0 Å². The van der Waals surface area contributed by atoms with E-state index >= 15 is 0 Å². The van der Waals surface area contributed by atoms with Crippen molar-refractivity contribution in [2.45, 2.75) is 37.8 Å². The van der Waals surface area contributed by atoms with Gasteiger partial charge in [-0.25, -0.2) is 13.2 Å². The number of halogens is 1. The van der Waals surface area contributed by atoms with E-state index in [1.54, 1.807) is 19.1 Å². The first-order valence-corrected chi connectivity index (χ1v) is 8.68. The number of carbonyl (C=O) groups is 1. The fraction of sp³-hybridized carbons (Fsp3) is 0.533. The van der Waals surface area contributed by atoms with Gasteiger partial charge in [-0.05, 0) is 38.5 Å². The fourth-order valence-electron chi connectivity index (χ4n) is 2.72. The maximum Gasteiger partial charge on any atom is 0.338 e. The number of rotatable bonds is 3. The number of benzene rings is 1. The van der Waals surface area contributed by atoms with Crippen LogP contribution in [0.2, 0.25) is 0 Å². The summed E-state index contributed by atoms with van der Waals surface area (Å²) in [6.45, 7) is 6.50. The highest BCUT2D eigenvalue weighted by molar-refractivity contribution is 7.89. The van der Waals surface area contributed by atoms with Crippen molar-refractivity contribution in [2.75, 3.05) is 20.2 Å². The summed E-state index contributed by atoms with van der Waals surface area (Å²) in [5, 5.41) is 3.26. The van der Waals surface area contributed by atoms with Crippen molar-refractivity contribution in [1.82, 2.24) is 9.62 Å². The molecule has 0 bridgehead atoms. The van der Waals surface area contributed by atoms with Gasteiger partial charge in [0.1, 0.15) is 0 Å². The molecule has 2 atom stereocenters. The average Bonchev–Trinajstić information content (AvgIpc) is 2.49. The van der Waals surface area contributed by atoms with Gasteiger partial charge in [-0.15, -0.1) is 12.4 Å². The number of piperazine rings is 1. The van der Waals surface area contributed by atoms with Gasteiger partial charge in [0.2, 0.25) is 10.0 Å². The molecule has 130 valence electrons. The van der Waals surface area contributed by atoms with Gasteiger partial charge in [-0.2, -0.15) is 4.31 Å². The Hall–Kier alpha value is -1.15. The van der Waals surface area contributed by atoms with Crippen molar-refractivity contribution >= 4 is 28.4 Å². The predicted octanol–water partition coefficient (Wildman–Crippen LogP) is 1.57. The Morgan fingerprint density at radius 1 is 1.35 bits per heavy atom. The molecule has 1 aliphatic rings. The van der Waals surface area contributed by atoms with Gasteiger partial charge in [0.15, 0.2) is 0 Å². The van der Waals surface area contributed by atoms with Gasteiger partial charge in [0, 0.05) is 25.2 Å². The number of ether oxygens (including phenoxy) is 1. The second-order valence-electron chi connectivity index (χ2n) is 5.52. The number of methoxy groups -OCH3 is 1. The van der Waals surface area contributed by atoms with Crippen LogP contribution in [0.15, 0.2) is 23.1 Å². The van der Waals surface area contributed by atoms with E-state index in [-0.39, 0.29) is 34.9 Å². The molecule has 6 nitrogen and oxygen atoms in total. The minimum atomic E-state index is -3.65. The number of sulfonamides is 1. The quantitative estimate of drug-likeness (QED) is 0.826. The summed E-state index contributed by atoms with van der Waals surface area (Å²) in [6, 6.07) is 4.61. The van der Waals surface area contributed by atoms with Gasteiger partial charge in [0.05, 0.1) is 17.6 Å². The Balaban J connectivity index is 0.00000264. The summed E-state index contributed by atoms with van der Waals surface area (Å²) < 4.78 is 32.2. The number of esters is 1. The Kier molecular flexibility index (Phi) is 6.59. The van der Waals surface area contributed by atoms with Crippen molar-refractivity contribution < 1.29 is 17.9 Å². The Bertz CT molecular complexity index is 678. The molecular formula is C15H23ClN2O4S. The lowest BCUT2D eigenvalue weighted by Gasteiger charge is -2.37. The van der Waals surface area contributed by atoms with Gasteiger partial charge in [-0.1, -0.05) is 6.07 Å². The van der Waals surface area contributed by atoms with E-state index in [4.69, 9.17) is 4.74 Å². The lowest BCUT2D eigenvalue weighted by Crippen LogP contribution is -2.57. The Labute approximate surface area is 143 Å². The molecular weight excluding hydrogens is 340 g/mol. The first kappa shape index (κ1) is 19.9. The maximum atomic E-state index is 13.0. The molecule has 0 radical (unpaired) electrons. The number of hydrogen-bond donors (Lipinski definition) is 1. The van der Waals surface area contributed by atoms with Crippen LogP contribution in [0.1, 0.15) is 29.8 Å². The molecule has 2 rings (SSSR count). The van der Waals surface area contributed by atoms with Crippen LogP contribution < -0.4 is 5.32 Å². The van der Waals surface area contributed by atoms with E-state index in [1.165, 1.54) is 17.5 Å². The third kappa shape index (κ3) is 3.68. The van der Waals surface area contributed by atoms with Crippen LogP contribution >= 0.6 is 12.4 Å². The van der Waals surface area contributed by atoms with Crippen LogP contribution in [0.4, 0.5) is 0 Å². The monoisotopic (exact) mass is 362 g/mol. The summed E-state index contributed by atoms with van der Waals surface area (Å²) in [6.07, 6.45) is 0. The van der Waals surface area contributed by atoms with E-state index in [2.05, 4.69) is 5.32 Å². The molecule has 1 saturated heterocycles. The lowest BCUT2D eigenvalue weighted by molar-refractivity contribution is 0.0599. The SMILES string of the molecule is COC(=O)c1cccc(S(=O)(=O)N2CCNC(C)C2C)c1C.Cl. The molecule has 0 amide bonds. The topological polar surface area (TPSA) is 75.7 Å². The normalized spacial score (nSPS) is 22.3.